The number of nitrogens with zero attached hydrogens (tertiary/aromatic N) is 1. The Morgan fingerprint density at radius 1 is 1.50 bits per heavy atom. The Kier molecular flexibility index (Phi) is 3.52. The standard InChI is InChI=1S/C10H15N3O2S/c14-16(15,10-4-2-6-12-8-10)13-9-3-1-5-11-7-9/h2,4,6,8-9,11,13H,1,3,5,7H2/t9-/m0/s1. The predicted octanol–water partition coefficient (Wildman–Crippen LogP) is 0.112. The molecule has 1 aromatic rings. The lowest BCUT2D eigenvalue weighted by Gasteiger charge is -2.23. The minimum atomic E-state index is -3.41. The number of aromatic nitrogens is 1. The molecule has 16 heavy (non-hydrogen) atoms. The maximum Gasteiger partial charge on any atom is 0.242 e. The number of piperidine rings is 1. The van der Waals surface area contributed by atoms with Crippen molar-refractivity contribution in [2.45, 2.75) is 23.8 Å². The maximum absolute atomic E-state index is 11.9. The van der Waals surface area contributed by atoms with Crippen molar-refractivity contribution in [3.8, 4) is 0 Å². The summed E-state index contributed by atoms with van der Waals surface area (Å²) in [7, 11) is -3.41. The second kappa shape index (κ2) is 4.90. The van der Waals surface area contributed by atoms with Crippen molar-refractivity contribution in [3.63, 3.8) is 0 Å². The molecule has 0 aromatic carbocycles. The van der Waals surface area contributed by atoms with Crippen LogP contribution in [0.3, 0.4) is 0 Å². The molecule has 2 heterocycles. The number of sulfonamides is 1. The van der Waals surface area contributed by atoms with Crippen LogP contribution in [0.5, 0.6) is 0 Å². The molecule has 1 atom stereocenters. The van der Waals surface area contributed by atoms with Gasteiger partial charge in [-0.25, -0.2) is 13.1 Å². The van der Waals surface area contributed by atoms with Crippen LogP contribution in [0.1, 0.15) is 12.8 Å². The van der Waals surface area contributed by atoms with Crippen LogP contribution in [0, 0.1) is 0 Å². The molecule has 0 amide bonds. The van der Waals surface area contributed by atoms with Crippen molar-refractivity contribution in [2.24, 2.45) is 0 Å². The van der Waals surface area contributed by atoms with E-state index in [-0.39, 0.29) is 10.9 Å². The molecule has 2 rings (SSSR count). The lowest BCUT2D eigenvalue weighted by Crippen LogP contribution is -2.45. The molecule has 5 nitrogen and oxygen atoms in total. The Balaban J connectivity index is 2.08. The number of pyridine rings is 1. The summed E-state index contributed by atoms with van der Waals surface area (Å²) in [6.45, 7) is 1.66. The summed E-state index contributed by atoms with van der Waals surface area (Å²) in [4.78, 5) is 4.03. The first kappa shape index (κ1) is 11.5. The molecule has 1 aliphatic heterocycles. The van der Waals surface area contributed by atoms with Gasteiger partial charge in [-0.05, 0) is 31.5 Å². The van der Waals surface area contributed by atoms with Crippen molar-refractivity contribution in [3.05, 3.63) is 24.5 Å². The van der Waals surface area contributed by atoms with Gasteiger partial charge in [-0.2, -0.15) is 0 Å². The third-order valence-corrected chi connectivity index (χ3v) is 4.07. The van der Waals surface area contributed by atoms with Crippen LogP contribution < -0.4 is 10.0 Å². The third kappa shape index (κ3) is 2.78. The summed E-state index contributed by atoms with van der Waals surface area (Å²) in [6, 6.07) is 3.15. The average molecular weight is 241 g/mol. The zero-order valence-electron chi connectivity index (χ0n) is 8.89. The van der Waals surface area contributed by atoms with Crippen LogP contribution in [-0.2, 0) is 10.0 Å². The van der Waals surface area contributed by atoms with Gasteiger partial charge in [0.05, 0.1) is 0 Å². The fourth-order valence-electron chi connectivity index (χ4n) is 1.75. The normalized spacial score (nSPS) is 21.9. The van der Waals surface area contributed by atoms with Gasteiger partial charge in [0.2, 0.25) is 10.0 Å². The van der Waals surface area contributed by atoms with E-state index in [2.05, 4.69) is 15.0 Å². The summed E-state index contributed by atoms with van der Waals surface area (Å²) in [5.41, 5.74) is 0. The lowest BCUT2D eigenvalue weighted by atomic mass is 10.1. The van der Waals surface area contributed by atoms with Crippen molar-refractivity contribution < 1.29 is 8.42 Å². The van der Waals surface area contributed by atoms with E-state index >= 15 is 0 Å². The molecule has 1 aromatic heterocycles. The Labute approximate surface area is 95.3 Å². The molecule has 2 N–H and O–H groups in total. The van der Waals surface area contributed by atoms with Crippen LogP contribution >= 0.6 is 0 Å². The zero-order chi connectivity index (χ0) is 11.4. The summed E-state index contributed by atoms with van der Waals surface area (Å²) in [6.07, 6.45) is 4.80. The quantitative estimate of drug-likeness (QED) is 0.788. The molecule has 1 fully saturated rings. The minimum Gasteiger partial charge on any atom is -0.315 e. The second-order valence-corrected chi connectivity index (χ2v) is 5.57. The monoisotopic (exact) mass is 241 g/mol. The molecule has 1 saturated heterocycles. The topological polar surface area (TPSA) is 71.1 Å². The van der Waals surface area contributed by atoms with E-state index in [1.807, 2.05) is 0 Å². The Morgan fingerprint density at radius 2 is 2.38 bits per heavy atom. The molecule has 0 unspecified atom stereocenters. The van der Waals surface area contributed by atoms with Gasteiger partial charge in [-0.1, -0.05) is 0 Å². The van der Waals surface area contributed by atoms with Crippen LogP contribution in [-0.4, -0.2) is 32.5 Å². The number of nitrogens with one attached hydrogen (secondary N) is 2. The third-order valence-electron chi connectivity index (χ3n) is 2.56. The number of hydrogen-bond acceptors (Lipinski definition) is 4. The second-order valence-electron chi connectivity index (χ2n) is 3.85. The van der Waals surface area contributed by atoms with E-state index in [0.29, 0.717) is 6.54 Å². The van der Waals surface area contributed by atoms with Crippen molar-refractivity contribution in [1.29, 1.82) is 0 Å². The van der Waals surface area contributed by atoms with Gasteiger partial charge >= 0.3 is 0 Å². The highest BCUT2D eigenvalue weighted by atomic mass is 32.2. The van der Waals surface area contributed by atoms with E-state index in [4.69, 9.17) is 0 Å². The van der Waals surface area contributed by atoms with E-state index < -0.39 is 10.0 Å². The zero-order valence-corrected chi connectivity index (χ0v) is 9.70. The molecule has 6 heteroatoms. The van der Waals surface area contributed by atoms with Gasteiger partial charge < -0.3 is 5.32 Å². The molecule has 0 spiro atoms. The Morgan fingerprint density at radius 3 is 3.00 bits per heavy atom. The maximum atomic E-state index is 11.9. The van der Waals surface area contributed by atoms with E-state index in [1.165, 1.54) is 6.20 Å². The molecule has 0 bridgehead atoms. The number of hydrogen-bond donors (Lipinski definition) is 2. The van der Waals surface area contributed by atoms with E-state index in [9.17, 15) is 8.42 Å². The van der Waals surface area contributed by atoms with Gasteiger partial charge in [0, 0.05) is 25.0 Å². The average Bonchev–Trinajstić information content (AvgIpc) is 2.31. The highest BCUT2D eigenvalue weighted by Crippen LogP contribution is 2.09. The van der Waals surface area contributed by atoms with Crippen molar-refractivity contribution >= 4 is 10.0 Å². The van der Waals surface area contributed by atoms with Gasteiger partial charge in [0.1, 0.15) is 4.90 Å². The molecule has 0 aliphatic carbocycles. The predicted molar refractivity (Wildman–Crippen MR) is 60.5 cm³/mol. The van der Waals surface area contributed by atoms with Gasteiger partial charge in [-0.15, -0.1) is 0 Å². The Hall–Kier alpha value is -0.980. The first-order chi connectivity index (χ1) is 7.68. The molecular formula is C10H15N3O2S. The summed E-state index contributed by atoms with van der Waals surface area (Å²) in [5, 5.41) is 3.17. The van der Waals surface area contributed by atoms with Crippen LogP contribution in [0.2, 0.25) is 0 Å². The SMILES string of the molecule is O=S(=O)(N[C@H]1CCCNC1)c1cccnc1. The summed E-state index contributed by atoms with van der Waals surface area (Å²) in [5.74, 6) is 0. The summed E-state index contributed by atoms with van der Waals surface area (Å²) < 4.78 is 26.5. The summed E-state index contributed by atoms with van der Waals surface area (Å²) >= 11 is 0. The molecule has 0 saturated carbocycles. The fraction of sp³-hybridized carbons (Fsp3) is 0.500. The first-order valence-electron chi connectivity index (χ1n) is 5.31. The minimum absolute atomic E-state index is 0.0149. The van der Waals surface area contributed by atoms with Crippen molar-refractivity contribution in [1.82, 2.24) is 15.0 Å². The molecular weight excluding hydrogens is 226 g/mol. The molecule has 1 aliphatic rings. The first-order valence-corrected chi connectivity index (χ1v) is 6.80. The number of rotatable bonds is 3. The van der Waals surface area contributed by atoms with Gasteiger partial charge in [0.25, 0.3) is 0 Å². The molecule has 0 radical (unpaired) electrons. The van der Waals surface area contributed by atoms with Gasteiger partial charge in [0.15, 0.2) is 0 Å². The highest BCUT2D eigenvalue weighted by molar-refractivity contribution is 7.89. The van der Waals surface area contributed by atoms with E-state index in [1.54, 1.807) is 18.3 Å². The largest absolute Gasteiger partial charge is 0.315 e. The van der Waals surface area contributed by atoms with Gasteiger partial charge in [-0.3, -0.25) is 4.98 Å². The smallest absolute Gasteiger partial charge is 0.242 e. The highest BCUT2D eigenvalue weighted by Gasteiger charge is 2.21. The lowest BCUT2D eigenvalue weighted by molar-refractivity contribution is 0.428. The van der Waals surface area contributed by atoms with Crippen LogP contribution in [0.25, 0.3) is 0 Å². The fourth-order valence-corrected chi connectivity index (χ4v) is 2.98. The van der Waals surface area contributed by atoms with Crippen LogP contribution in [0.15, 0.2) is 29.4 Å². The van der Waals surface area contributed by atoms with Crippen LogP contribution in [0.4, 0.5) is 0 Å². The molecule has 88 valence electrons. The van der Waals surface area contributed by atoms with Crippen molar-refractivity contribution in [2.75, 3.05) is 13.1 Å². The van der Waals surface area contributed by atoms with E-state index in [0.717, 1.165) is 19.4 Å². The Bertz CT molecular complexity index is 427.